The minimum absolute atomic E-state index is 0.0843. The Morgan fingerprint density at radius 2 is 1.53 bits per heavy atom. The molecule has 2 fully saturated rings. The molecule has 0 saturated carbocycles. The maximum Gasteiger partial charge on any atom is 0.414 e. The van der Waals surface area contributed by atoms with E-state index >= 15 is 0 Å². The molecule has 9 heteroatoms. The van der Waals surface area contributed by atoms with Gasteiger partial charge in [0.05, 0.1) is 12.2 Å². The second kappa shape index (κ2) is 11.5. The van der Waals surface area contributed by atoms with Crippen molar-refractivity contribution in [3.63, 3.8) is 0 Å². The zero-order valence-electron chi connectivity index (χ0n) is 17.4. The summed E-state index contributed by atoms with van der Waals surface area (Å²) in [5, 5.41) is 14.8. The molecule has 2 unspecified atom stereocenters. The highest BCUT2D eigenvalue weighted by atomic mass is 16.5. The van der Waals surface area contributed by atoms with Crippen molar-refractivity contribution in [2.24, 2.45) is 0 Å². The van der Waals surface area contributed by atoms with E-state index < -0.39 is 11.9 Å². The van der Waals surface area contributed by atoms with Crippen LogP contribution < -0.4 is 4.74 Å². The topological polar surface area (TPSA) is 117 Å². The van der Waals surface area contributed by atoms with Crippen molar-refractivity contribution in [1.82, 2.24) is 9.80 Å². The third kappa shape index (κ3) is 7.64. The van der Waals surface area contributed by atoms with Crippen LogP contribution in [0, 0.1) is 0 Å². The minimum Gasteiger partial charge on any atom is -0.484 e. The van der Waals surface area contributed by atoms with Crippen LogP contribution in [0.2, 0.25) is 0 Å². The van der Waals surface area contributed by atoms with E-state index in [1.165, 1.54) is 0 Å². The van der Waals surface area contributed by atoms with Gasteiger partial charge in [-0.15, -0.1) is 0 Å². The Morgan fingerprint density at radius 1 is 1.00 bits per heavy atom. The third-order valence-electron chi connectivity index (χ3n) is 5.07. The summed E-state index contributed by atoms with van der Waals surface area (Å²) in [6, 6.07) is 10.1. The fraction of sp³-hybridized carbons (Fsp3) is 0.571. The number of amides is 1. The Balaban J connectivity index is 0.000000469. The van der Waals surface area contributed by atoms with Gasteiger partial charge in [0.1, 0.15) is 5.75 Å². The number of carbonyl (C=O) groups is 3. The highest BCUT2D eigenvalue weighted by Crippen LogP contribution is 2.21. The maximum atomic E-state index is 12.3. The summed E-state index contributed by atoms with van der Waals surface area (Å²) in [4.78, 5) is 35.0. The Kier molecular flexibility index (Phi) is 9.07. The Morgan fingerprint density at radius 3 is 2.03 bits per heavy atom. The summed E-state index contributed by atoms with van der Waals surface area (Å²) < 4.78 is 11.4. The molecule has 0 aromatic heterocycles. The predicted molar refractivity (Wildman–Crippen MR) is 108 cm³/mol. The van der Waals surface area contributed by atoms with Crippen molar-refractivity contribution in [2.45, 2.75) is 44.9 Å². The average molecular weight is 422 g/mol. The highest BCUT2D eigenvalue weighted by molar-refractivity contribution is 6.27. The number of ether oxygens (including phenoxy) is 2. The molecule has 2 aliphatic heterocycles. The largest absolute Gasteiger partial charge is 0.484 e. The fourth-order valence-electron chi connectivity index (χ4n) is 3.75. The number of carbonyl (C=O) groups excluding carboxylic acids is 1. The highest BCUT2D eigenvalue weighted by Gasteiger charge is 2.31. The normalized spacial score (nSPS) is 22.5. The molecule has 2 saturated heterocycles. The molecule has 1 amide bonds. The monoisotopic (exact) mass is 422 g/mol. The lowest BCUT2D eigenvalue weighted by atomic mass is 10.0. The summed E-state index contributed by atoms with van der Waals surface area (Å²) in [7, 11) is 0. The molecule has 2 N–H and O–H groups in total. The van der Waals surface area contributed by atoms with Crippen molar-refractivity contribution in [1.29, 1.82) is 0 Å². The summed E-state index contributed by atoms with van der Waals surface area (Å²) in [5.41, 5.74) is 0. The number of likely N-dealkylation sites (tertiary alicyclic amines) is 1. The summed E-state index contributed by atoms with van der Waals surface area (Å²) >= 11 is 0. The Hall–Kier alpha value is -2.65. The number of carboxylic acids is 2. The second-order valence-corrected chi connectivity index (χ2v) is 7.54. The van der Waals surface area contributed by atoms with E-state index in [9.17, 15) is 4.79 Å². The van der Waals surface area contributed by atoms with E-state index in [-0.39, 0.29) is 12.5 Å². The number of aliphatic carboxylic acids is 2. The molecule has 0 aliphatic carbocycles. The molecule has 2 heterocycles. The molecule has 0 radical (unpaired) electrons. The van der Waals surface area contributed by atoms with E-state index in [0.29, 0.717) is 18.2 Å². The predicted octanol–water partition coefficient (Wildman–Crippen LogP) is 1.32. The van der Waals surface area contributed by atoms with Gasteiger partial charge in [-0.2, -0.15) is 0 Å². The van der Waals surface area contributed by atoms with E-state index in [1.54, 1.807) is 0 Å². The van der Waals surface area contributed by atoms with Crippen molar-refractivity contribution < 1.29 is 34.1 Å². The Bertz CT molecular complexity index is 683. The van der Waals surface area contributed by atoms with Crippen molar-refractivity contribution >= 4 is 17.8 Å². The number of piperidine rings is 1. The van der Waals surface area contributed by atoms with Gasteiger partial charge in [-0.25, -0.2) is 9.59 Å². The van der Waals surface area contributed by atoms with Crippen LogP contribution in [-0.4, -0.2) is 88.9 Å². The lowest BCUT2D eigenvalue weighted by molar-refractivity contribution is -0.159. The zero-order chi connectivity index (χ0) is 22.1. The first-order valence-corrected chi connectivity index (χ1v) is 10.1. The average Bonchev–Trinajstić information content (AvgIpc) is 2.72. The number of para-hydroxylation sites is 1. The van der Waals surface area contributed by atoms with Crippen molar-refractivity contribution in [3.05, 3.63) is 30.3 Å². The molecule has 0 spiro atoms. The molecular formula is C21H30N2O7. The lowest BCUT2D eigenvalue weighted by Crippen LogP contribution is -2.54. The van der Waals surface area contributed by atoms with Gasteiger partial charge < -0.3 is 24.6 Å². The van der Waals surface area contributed by atoms with Crippen LogP contribution >= 0.6 is 0 Å². The molecule has 9 nitrogen and oxygen atoms in total. The van der Waals surface area contributed by atoms with E-state index in [2.05, 4.69) is 18.7 Å². The SMILES string of the molecule is CC1CN(C2CCN(C(=O)COc3ccccc3)CC2)CC(C)O1.O=C(O)C(=O)O. The molecule has 3 rings (SSSR count). The molecule has 0 bridgehead atoms. The lowest BCUT2D eigenvalue weighted by Gasteiger charge is -2.43. The third-order valence-corrected chi connectivity index (χ3v) is 5.07. The van der Waals surface area contributed by atoms with Gasteiger partial charge in [-0.05, 0) is 38.8 Å². The molecule has 30 heavy (non-hydrogen) atoms. The number of rotatable bonds is 4. The van der Waals surface area contributed by atoms with Crippen LogP contribution in [0.4, 0.5) is 0 Å². The molecule has 166 valence electrons. The van der Waals surface area contributed by atoms with Gasteiger partial charge in [0.2, 0.25) is 0 Å². The first-order chi connectivity index (χ1) is 14.3. The van der Waals surface area contributed by atoms with Gasteiger partial charge in [0, 0.05) is 32.2 Å². The van der Waals surface area contributed by atoms with Crippen LogP contribution in [0.25, 0.3) is 0 Å². The smallest absolute Gasteiger partial charge is 0.414 e. The quantitative estimate of drug-likeness (QED) is 0.698. The number of carboxylic acid groups (broad SMARTS) is 2. The Labute approximate surface area is 176 Å². The number of morpholine rings is 1. The number of hydrogen-bond donors (Lipinski definition) is 2. The van der Waals surface area contributed by atoms with Gasteiger partial charge in [0.15, 0.2) is 6.61 Å². The molecule has 2 atom stereocenters. The van der Waals surface area contributed by atoms with Gasteiger partial charge in [-0.3, -0.25) is 9.69 Å². The molecular weight excluding hydrogens is 392 g/mol. The summed E-state index contributed by atoms with van der Waals surface area (Å²) in [6.45, 7) is 8.05. The summed E-state index contributed by atoms with van der Waals surface area (Å²) in [6.07, 6.45) is 2.67. The maximum absolute atomic E-state index is 12.3. The number of benzene rings is 1. The summed E-state index contributed by atoms with van der Waals surface area (Å²) in [5.74, 6) is -2.82. The van der Waals surface area contributed by atoms with Crippen LogP contribution in [0.3, 0.4) is 0 Å². The first kappa shape index (κ1) is 23.6. The van der Waals surface area contributed by atoms with Crippen molar-refractivity contribution in [3.8, 4) is 5.75 Å². The number of nitrogens with zero attached hydrogens (tertiary/aromatic N) is 2. The van der Waals surface area contributed by atoms with Crippen molar-refractivity contribution in [2.75, 3.05) is 32.8 Å². The molecule has 1 aromatic rings. The van der Waals surface area contributed by atoms with Gasteiger partial charge in [-0.1, -0.05) is 18.2 Å². The van der Waals surface area contributed by atoms with E-state index in [0.717, 1.165) is 44.8 Å². The number of hydrogen-bond acceptors (Lipinski definition) is 6. The van der Waals surface area contributed by atoms with Crippen LogP contribution in [0.5, 0.6) is 5.75 Å². The fourth-order valence-corrected chi connectivity index (χ4v) is 3.75. The van der Waals surface area contributed by atoms with Crippen LogP contribution in [-0.2, 0) is 19.1 Å². The first-order valence-electron chi connectivity index (χ1n) is 10.1. The second-order valence-electron chi connectivity index (χ2n) is 7.54. The van der Waals surface area contributed by atoms with Crippen LogP contribution in [0.1, 0.15) is 26.7 Å². The van der Waals surface area contributed by atoms with Crippen LogP contribution in [0.15, 0.2) is 30.3 Å². The van der Waals surface area contributed by atoms with Gasteiger partial charge >= 0.3 is 11.9 Å². The van der Waals surface area contributed by atoms with E-state index in [1.807, 2.05) is 35.2 Å². The van der Waals surface area contributed by atoms with Gasteiger partial charge in [0.25, 0.3) is 5.91 Å². The molecule has 1 aromatic carbocycles. The zero-order valence-corrected chi connectivity index (χ0v) is 17.4. The standard InChI is InChI=1S/C19H28N2O3.C2H2O4/c1-15-12-21(13-16(2)24-15)17-8-10-20(11-9-17)19(22)14-23-18-6-4-3-5-7-18;3-1(4)2(5)6/h3-7,15-17H,8-14H2,1-2H3;(H,3,4)(H,5,6). The van der Waals surface area contributed by atoms with E-state index in [4.69, 9.17) is 29.3 Å². The molecule has 2 aliphatic rings. The minimum atomic E-state index is -1.82.